The second-order valence-electron chi connectivity index (χ2n) is 7.54. The molecule has 2 aliphatic heterocycles. The van der Waals surface area contributed by atoms with Crippen molar-refractivity contribution in [1.29, 1.82) is 0 Å². The second kappa shape index (κ2) is 6.62. The van der Waals surface area contributed by atoms with Crippen LogP contribution in [-0.4, -0.2) is 41.0 Å². The lowest BCUT2D eigenvalue weighted by atomic mass is 9.81. The monoisotopic (exact) mass is 391 g/mol. The zero-order valence-corrected chi connectivity index (χ0v) is 15.5. The SMILES string of the molecule is CC(C)(Oc1ccc(F)c(C(F)(F)F)c1)C(=O)N1CCC2(CC1)CSC2. The van der Waals surface area contributed by atoms with Gasteiger partial charge in [-0.25, -0.2) is 4.39 Å². The van der Waals surface area contributed by atoms with E-state index in [2.05, 4.69) is 0 Å². The molecule has 2 heterocycles. The number of halogens is 4. The number of carbonyl (C=O) groups is 1. The van der Waals surface area contributed by atoms with Crippen LogP contribution in [0.3, 0.4) is 0 Å². The molecular formula is C18H21F4NO2S. The van der Waals surface area contributed by atoms with E-state index in [9.17, 15) is 22.4 Å². The van der Waals surface area contributed by atoms with Gasteiger partial charge in [-0.3, -0.25) is 4.79 Å². The number of likely N-dealkylation sites (tertiary alicyclic amines) is 1. The molecule has 3 rings (SSSR count). The lowest BCUT2D eigenvalue weighted by molar-refractivity contribution is -0.147. The predicted molar refractivity (Wildman–Crippen MR) is 91.7 cm³/mol. The smallest absolute Gasteiger partial charge is 0.419 e. The van der Waals surface area contributed by atoms with Gasteiger partial charge in [0.15, 0.2) is 5.60 Å². The maximum atomic E-state index is 13.4. The zero-order chi connectivity index (χ0) is 19.2. The fourth-order valence-electron chi connectivity index (χ4n) is 3.37. The second-order valence-corrected chi connectivity index (χ2v) is 8.52. The van der Waals surface area contributed by atoms with Crippen LogP contribution in [0.2, 0.25) is 0 Å². The quantitative estimate of drug-likeness (QED) is 0.717. The molecule has 2 fully saturated rings. The molecule has 1 aromatic rings. The highest BCUT2D eigenvalue weighted by Gasteiger charge is 2.44. The summed E-state index contributed by atoms with van der Waals surface area (Å²) in [6, 6.07) is 2.41. The van der Waals surface area contributed by atoms with Crippen molar-refractivity contribution >= 4 is 17.7 Å². The highest BCUT2D eigenvalue weighted by molar-refractivity contribution is 8.00. The molecular weight excluding hydrogens is 370 g/mol. The van der Waals surface area contributed by atoms with E-state index in [4.69, 9.17) is 4.74 Å². The normalized spacial score (nSPS) is 20.0. The summed E-state index contributed by atoms with van der Waals surface area (Å²) in [7, 11) is 0. The topological polar surface area (TPSA) is 29.5 Å². The first-order valence-electron chi connectivity index (χ1n) is 8.45. The first-order chi connectivity index (χ1) is 12.0. The average molecular weight is 391 g/mol. The van der Waals surface area contributed by atoms with E-state index in [1.165, 1.54) is 13.8 Å². The molecule has 26 heavy (non-hydrogen) atoms. The molecule has 0 atom stereocenters. The third kappa shape index (κ3) is 3.80. The van der Waals surface area contributed by atoms with Crippen LogP contribution >= 0.6 is 11.8 Å². The summed E-state index contributed by atoms with van der Waals surface area (Å²) < 4.78 is 57.5. The van der Waals surface area contributed by atoms with E-state index in [1.807, 2.05) is 11.8 Å². The standard InChI is InChI=1S/C18H21F4NO2S/c1-16(2,15(24)23-7-5-17(6-8-23)10-26-11-17)25-12-3-4-14(19)13(9-12)18(20,21)22/h3-4,9H,5-8,10-11H2,1-2H3. The largest absolute Gasteiger partial charge is 0.478 e. The van der Waals surface area contributed by atoms with E-state index >= 15 is 0 Å². The maximum Gasteiger partial charge on any atom is 0.419 e. The van der Waals surface area contributed by atoms with Gasteiger partial charge in [-0.2, -0.15) is 24.9 Å². The Morgan fingerprint density at radius 2 is 1.81 bits per heavy atom. The van der Waals surface area contributed by atoms with Gasteiger partial charge in [-0.05, 0) is 61.8 Å². The first kappa shape index (κ1) is 19.3. The van der Waals surface area contributed by atoms with Crippen molar-refractivity contribution in [2.75, 3.05) is 24.6 Å². The number of benzene rings is 1. The van der Waals surface area contributed by atoms with Crippen molar-refractivity contribution in [2.24, 2.45) is 5.41 Å². The highest BCUT2D eigenvalue weighted by Crippen LogP contribution is 2.46. The summed E-state index contributed by atoms with van der Waals surface area (Å²) >= 11 is 1.91. The number of piperidine rings is 1. The van der Waals surface area contributed by atoms with Crippen LogP contribution in [0.1, 0.15) is 32.3 Å². The number of nitrogens with zero attached hydrogens (tertiary/aromatic N) is 1. The van der Waals surface area contributed by atoms with Gasteiger partial charge in [0.25, 0.3) is 5.91 Å². The number of carbonyl (C=O) groups excluding carboxylic acids is 1. The van der Waals surface area contributed by atoms with Crippen LogP contribution in [0, 0.1) is 11.2 Å². The Kier molecular flexibility index (Phi) is 4.92. The van der Waals surface area contributed by atoms with Crippen molar-refractivity contribution in [3.63, 3.8) is 0 Å². The molecule has 0 aliphatic carbocycles. The molecule has 0 unspecified atom stereocenters. The molecule has 2 aliphatic rings. The van der Waals surface area contributed by atoms with Crippen LogP contribution in [0.15, 0.2) is 18.2 Å². The third-order valence-corrected chi connectivity index (χ3v) is 6.69. The number of thioether (sulfide) groups is 1. The summed E-state index contributed by atoms with van der Waals surface area (Å²) in [5.74, 6) is 0.446. The van der Waals surface area contributed by atoms with Crippen LogP contribution in [0.25, 0.3) is 0 Å². The Bertz CT molecular complexity index is 691. The lowest BCUT2D eigenvalue weighted by Crippen LogP contribution is -2.54. The fourth-order valence-corrected chi connectivity index (χ4v) is 4.73. The number of hydrogen-bond donors (Lipinski definition) is 0. The molecule has 144 valence electrons. The van der Waals surface area contributed by atoms with Gasteiger partial charge < -0.3 is 9.64 Å². The Labute approximate surface area is 154 Å². The summed E-state index contributed by atoms with van der Waals surface area (Å²) in [6.07, 6.45) is -2.94. The van der Waals surface area contributed by atoms with E-state index in [1.54, 1.807) is 4.90 Å². The predicted octanol–water partition coefficient (Wildman–Crippen LogP) is 4.36. The molecule has 1 spiro atoms. The highest BCUT2D eigenvalue weighted by atomic mass is 32.2. The molecule has 0 bridgehead atoms. The van der Waals surface area contributed by atoms with E-state index in [-0.39, 0.29) is 11.7 Å². The number of rotatable bonds is 3. The van der Waals surface area contributed by atoms with Crippen LogP contribution in [-0.2, 0) is 11.0 Å². The van der Waals surface area contributed by atoms with Gasteiger partial charge in [0.1, 0.15) is 11.6 Å². The minimum atomic E-state index is -4.82. The van der Waals surface area contributed by atoms with Crippen molar-refractivity contribution in [3.05, 3.63) is 29.6 Å². The third-order valence-electron chi connectivity index (χ3n) is 5.06. The van der Waals surface area contributed by atoms with Gasteiger partial charge in [0.2, 0.25) is 0 Å². The van der Waals surface area contributed by atoms with Crippen LogP contribution in [0.5, 0.6) is 5.75 Å². The van der Waals surface area contributed by atoms with E-state index in [0.717, 1.165) is 30.4 Å². The van der Waals surface area contributed by atoms with Gasteiger partial charge in [-0.1, -0.05) is 0 Å². The Morgan fingerprint density at radius 1 is 1.19 bits per heavy atom. The van der Waals surface area contributed by atoms with Gasteiger partial charge in [-0.15, -0.1) is 0 Å². The first-order valence-corrected chi connectivity index (χ1v) is 9.61. The Hall–Kier alpha value is -1.44. The zero-order valence-electron chi connectivity index (χ0n) is 14.7. The summed E-state index contributed by atoms with van der Waals surface area (Å²) in [4.78, 5) is 14.5. The van der Waals surface area contributed by atoms with E-state index in [0.29, 0.717) is 30.6 Å². The molecule has 1 amide bonds. The summed E-state index contributed by atoms with van der Waals surface area (Å²) in [5, 5.41) is 0. The van der Waals surface area contributed by atoms with Crippen LogP contribution < -0.4 is 4.74 Å². The molecule has 3 nitrogen and oxygen atoms in total. The number of alkyl halides is 3. The minimum absolute atomic E-state index is 0.180. The van der Waals surface area contributed by atoms with Gasteiger partial charge in [0, 0.05) is 13.1 Å². The lowest BCUT2D eigenvalue weighted by Gasteiger charge is -2.48. The summed E-state index contributed by atoms with van der Waals surface area (Å²) in [6.45, 7) is 4.30. The molecule has 0 aromatic heterocycles. The molecule has 8 heteroatoms. The molecule has 0 radical (unpaired) electrons. The number of ether oxygens (including phenoxy) is 1. The number of hydrogen-bond acceptors (Lipinski definition) is 3. The Balaban J connectivity index is 1.69. The van der Waals surface area contributed by atoms with Crippen LogP contribution in [0.4, 0.5) is 17.6 Å². The molecule has 0 N–H and O–H groups in total. The molecule has 0 saturated carbocycles. The van der Waals surface area contributed by atoms with Gasteiger partial charge in [0.05, 0.1) is 5.56 Å². The average Bonchev–Trinajstić information content (AvgIpc) is 2.53. The molecule has 2 saturated heterocycles. The molecule has 1 aromatic carbocycles. The van der Waals surface area contributed by atoms with E-state index < -0.39 is 23.2 Å². The minimum Gasteiger partial charge on any atom is -0.478 e. The fraction of sp³-hybridized carbons (Fsp3) is 0.611. The van der Waals surface area contributed by atoms with Crippen molar-refractivity contribution in [3.8, 4) is 5.75 Å². The van der Waals surface area contributed by atoms with Crippen molar-refractivity contribution in [1.82, 2.24) is 4.90 Å². The summed E-state index contributed by atoms with van der Waals surface area (Å²) in [5.41, 5.74) is -2.38. The van der Waals surface area contributed by atoms with Crippen molar-refractivity contribution < 1.29 is 27.1 Å². The van der Waals surface area contributed by atoms with Crippen molar-refractivity contribution in [2.45, 2.75) is 38.5 Å². The Morgan fingerprint density at radius 3 is 2.31 bits per heavy atom. The maximum absolute atomic E-state index is 13.4. The number of amides is 1. The van der Waals surface area contributed by atoms with Gasteiger partial charge >= 0.3 is 6.18 Å².